The lowest BCUT2D eigenvalue weighted by Crippen LogP contribution is -2.43. The van der Waals surface area contributed by atoms with Gasteiger partial charge < -0.3 is 15.8 Å². The molecule has 0 aromatic heterocycles. The van der Waals surface area contributed by atoms with Crippen LogP contribution in [0, 0.1) is 0 Å². The first-order valence-electron chi connectivity index (χ1n) is 6.49. The molecule has 0 saturated carbocycles. The molecule has 98 valence electrons. The number of anilines is 2. The van der Waals surface area contributed by atoms with Gasteiger partial charge in [-0.05, 0) is 23.8 Å². The zero-order chi connectivity index (χ0) is 13.7. The first-order chi connectivity index (χ1) is 9.72. The molecule has 2 aromatic rings. The van der Waals surface area contributed by atoms with E-state index in [1.807, 2.05) is 42.5 Å². The molecular formula is C16H14N3O+. The molecule has 0 bridgehead atoms. The highest BCUT2D eigenvalue weighted by Crippen LogP contribution is 2.42. The average Bonchev–Trinajstić information content (AvgIpc) is 2.46. The Hall–Kier alpha value is -2.75. The van der Waals surface area contributed by atoms with E-state index in [9.17, 15) is 0 Å². The topological polar surface area (TPSA) is 72.9 Å². The summed E-state index contributed by atoms with van der Waals surface area (Å²) in [4.78, 5) is 0. The molecule has 0 amide bonds. The molecule has 1 heterocycles. The van der Waals surface area contributed by atoms with Crippen molar-refractivity contribution in [2.45, 2.75) is 6.04 Å². The summed E-state index contributed by atoms with van der Waals surface area (Å²) in [5, 5.41) is 9.60. The van der Waals surface area contributed by atoms with Crippen molar-refractivity contribution >= 4 is 17.1 Å². The predicted octanol–water partition coefficient (Wildman–Crippen LogP) is 1.26. The van der Waals surface area contributed by atoms with E-state index < -0.39 is 0 Å². The number of benzene rings is 2. The van der Waals surface area contributed by atoms with Crippen LogP contribution >= 0.6 is 0 Å². The van der Waals surface area contributed by atoms with Gasteiger partial charge in [-0.2, -0.15) is 0 Å². The molecule has 4 rings (SSSR count). The van der Waals surface area contributed by atoms with Crippen molar-refractivity contribution in [3.05, 3.63) is 65.4 Å². The Morgan fingerprint density at radius 1 is 1.15 bits per heavy atom. The lowest BCUT2D eigenvalue weighted by molar-refractivity contribution is -0.111. The molecule has 0 radical (unpaired) electrons. The highest BCUT2D eigenvalue weighted by Gasteiger charge is 2.33. The number of hydrogen-bond acceptors (Lipinski definition) is 3. The molecule has 4 nitrogen and oxygen atoms in total. The molecule has 0 fully saturated rings. The molecule has 2 aromatic carbocycles. The van der Waals surface area contributed by atoms with Crippen LogP contribution in [-0.2, 0) is 0 Å². The van der Waals surface area contributed by atoms with E-state index in [4.69, 9.17) is 15.9 Å². The van der Waals surface area contributed by atoms with Gasteiger partial charge in [-0.3, -0.25) is 5.41 Å². The third-order valence-corrected chi connectivity index (χ3v) is 3.70. The molecular weight excluding hydrogens is 250 g/mol. The fraction of sp³-hybridized carbons (Fsp3) is 0.0625. The minimum absolute atomic E-state index is 0.00498. The Morgan fingerprint density at radius 3 is 2.90 bits per heavy atom. The standard InChI is InChI=1S/C16H13N3O/c17-9-5-6-13-14(7-9)20-15-8-12(18)10-3-1-2-4-11(10)16(15)19-13/h1-8,16,18-19H,17H2/p+1. The Labute approximate surface area is 116 Å². The first kappa shape index (κ1) is 11.1. The minimum atomic E-state index is -0.00498. The zero-order valence-electron chi connectivity index (χ0n) is 10.8. The third-order valence-electron chi connectivity index (χ3n) is 3.70. The Bertz CT molecular complexity index is 764. The molecule has 0 saturated heterocycles. The van der Waals surface area contributed by atoms with E-state index in [2.05, 4.69) is 11.4 Å². The number of hydrogen-bond donors (Lipinski definition) is 3. The second-order valence-corrected chi connectivity index (χ2v) is 5.02. The normalized spacial score (nSPS) is 18.9. The highest BCUT2D eigenvalue weighted by atomic mass is 16.5. The summed E-state index contributed by atoms with van der Waals surface area (Å²) in [6, 6.07) is 13.7. The summed E-state index contributed by atoms with van der Waals surface area (Å²) < 4.78 is 5.96. The zero-order valence-corrected chi connectivity index (χ0v) is 10.8. The highest BCUT2D eigenvalue weighted by molar-refractivity contribution is 6.07. The smallest absolute Gasteiger partial charge is 0.207 e. The van der Waals surface area contributed by atoms with Crippen LogP contribution in [0.1, 0.15) is 17.2 Å². The maximum absolute atomic E-state index is 6.11. The second-order valence-electron chi connectivity index (χ2n) is 5.02. The summed E-state index contributed by atoms with van der Waals surface area (Å²) in [5.74, 6) is 1.54. The Balaban J connectivity index is 1.86. The van der Waals surface area contributed by atoms with Crippen molar-refractivity contribution in [1.29, 1.82) is 0 Å². The van der Waals surface area contributed by atoms with E-state index >= 15 is 0 Å². The van der Waals surface area contributed by atoms with Crippen LogP contribution in [0.4, 0.5) is 11.4 Å². The van der Waals surface area contributed by atoms with Crippen molar-refractivity contribution in [3.8, 4) is 5.75 Å². The van der Waals surface area contributed by atoms with Crippen LogP contribution in [0.2, 0.25) is 0 Å². The maximum Gasteiger partial charge on any atom is 0.207 e. The van der Waals surface area contributed by atoms with Crippen LogP contribution in [0.3, 0.4) is 0 Å². The lowest BCUT2D eigenvalue weighted by Gasteiger charge is -2.32. The van der Waals surface area contributed by atoms with Gasteiger partial charge in [0.2, 0.25) is 5.71 Å². The van der Waals surface area contributed by atoms with Gasteiger partial charge in [0.1, 0.15) is 11.8 Å². The summed E-state index contributed by atoms with van der Waals surface area (Å²) in [6.45, 7) is 0. The van der Waals surface area contributed by atoms with E-state index in [0.717, 1.165) is 34.0 Å². The van der Waals surface area contributed by atoms with Crippen LogP contribution in [0.5, 0.6) is 5.75 Å². The molecule has 1 aliphatic heterocycles. The largest absolute Gasteiger partial charge is 0.457 e. The fourth-order valence-electron chi connectivity index (χ4n) is 2.74. The maximum atomic E-state index is 6.11. The van der Waals surface area contributed by atoms with Gasteiger partial charge in [0.25, 0.3) is 0 Å². The van der Waals surface area contributed by atoms with E-state index in [-0.39, 0.29) is 6.04 Å². The number of nitrogens with two attached hydrogens (primary N) is 2. The number of rotatable bonds is 0. The molecule has 1 atom stereocenters. The SMILES string of the molecule is Nc1ccc2c(c1)OC1=CC(=[NH2+])c3ccccc3C1N2. The monoisotopic (exact) mass is 264 g/mol. The average molecular weight is 264 g/mol. The molecule has 1 unspecified atom stereocenters. The van der Waals surface area contributed by atoms with Gasteiger partial charge in [-0.1, -0.05) is 18.2 Å². The minimum Gasteiger partial charge on any atom is -0.457 e. The van der Waals surface area contributed by atoms with Crippen LogP contribution < -0.4 is 21.2 Å². The van der Waals surface area contributed by atoms with E-state index in [1.165, 1.54) is 0 Å². The molecule has 4 heteroatoms. The summed E-state index contributed by atoms with van der Waals surface area (Å²) in [6.07, 6.45) is 1.88. The summed E-state index contributed by atoms with van der Waals surface area (Å²) >= 11 is 0. The van der Waals surface area contributed by atoms with E-state index in [0.29, 0.717) is 5.69 Å². The van der Waals surface area contributed by atoms with Crippen LogP contribution in [0.25, 0.3) is 0 Å². The van der Waals surface area contributed by atoms with Gasteiger partial charge in [-0.25, -0.2) is 0 Å². The van der Waals surface area contributed by atoms with E-state index in [1.54, 1.807) is 0 Å². The molecule has 1 aliphatic carbocycles. The number of fused-ring (bicyclic) bond motifs is 4. The first-order valence-corrected chi connectivity index (χ1v) is 6.49. The van der Waals surface area contributed by atoms with Crippen LogP contribution in [0.15, 0.2) is 54.3 Å². The number of ether oxygens (including phenoxy) is 1. The third kappa shape index (κ3) is 1.51. The van der Waals surface area contributed by atoms with Crippen molar-refractivity contribution in [1.82, 2.24) is 0 Å². The van der Waals surface area contributed by atoms with Crippen molar-refractivity contribution < 1.29 is 10.1 Å². The molecule has 0 spiro atoms. The second kappa shape index (κ2) is 3.87. The summed E-state index contributed by atoms with van der Waals surface area (Å²) in [7, 11) is 0. The van der Waals surface area contributed by atoms with Gasteiger partial charge in [0.05, 0.1) is 17.3 Å². The van der Waals surface area contributed by atoms with Gasteiger partial charge in [0.15, 0.2) is 5.75 Å². The lowest BCUT2D eigenvalue weighted by atomic mass is 9.89. The summed E-state index contributed by atoms with van der Waals surface area (Å²) in [5.41, 5.74) is 10.3. The fourth-order valence-corrected chi connectivity index (χ4v) is 2.74. The number of allylic oxidation sites excluding steroid dienone is 1. The van der Waals surface area contributed by atoms with Gasteiger partial charge in [-0.15, -0.1) is 0 Å². The van der Waals surface area contributed by atoms with Gasteiger partial charge in [0, 0.05) is 11.8 Å². The van der Waals surface area contributed by atoms with Gasteiger partial charge >= 0.3 is 0 Å². The molecule has 5 N–H and O–H groups in total. The van der Waals surface area contributed by atoms with Crippen molar-refractivity contribution in [2.75, 3.05) is 11.1 Å². The van der Waals surface area contributed by atoms with Crippen LogP contribution in [-0.4, -0.2) is 5.71 Å². The predicted molar refractivity (Wildman–Crippen MR) is 78.4 cm³/mol. The molecule has 20 heavy (non-hydrogen) atoms. The molecule has 2 aliphatic rings. The number of nitrogens with one attached hydrogen (secondary N) is 1. The van der Waals surface area contributed by atoms with Crippen molar-refractivity contribution in [2.24, 2.45) is 0 Å². The number of nitrogen functional groups attached to an aromatic ring is 1. The Kier molecular flexibility index (Phi) is 2.15. The quantitative estimate of drug-likeness (QED) is 0.627. The van der Waals surface area contributed by atoms with Crippen molar-refractivity contribution in [3.63, 3.8) is 0 Å². The Morgan fingerprint density at radius 2 is 2.00 bits per heavy atom.